The maximum absolute atomic E-state index is 12.5. The third-order valence-electron chi connectivity index (χ3n) is 7.73. The number of rotatable bonds is 31. The molecule has 0 saturated heterocycles. The number of nitrogens with two attached hydrogens (primary N) is 1. The third kappa shape index (κ3) is 32.7. The molecule has 0 rings (SSSR count). The van der Waals surface area contributed by atoms with Gasteiger partial charge in [-0.05, 0) is 30.6 Å². The predicted octanol–water partition coefficient (Wildman–Crippen LogP) is 8.80. The fraction of sp³-hybridized carbons (Fsp3) is 0.943. The van der Waals surface area contributed by atoms with Crippen molar-refractivity contribution >= 4 is 19.8 Å². The van der Waals surface area contributed by atoms with Gasteiger partial charge in [-0.1, -0.05) is 137 Å². The lowest BCUT2D eigenvalue weighted by Crippen LogP contribution is -2.30. The van der Waals surface area contributed by atoms with Crippen molar-refractivity contribution in [2.75, 3.05) is 26.4 Å². The zero-order chi connectivity index (χ0) is 33.8. The van der Waals surface area contributed by atoms with Crippen LogP contribution in [0.15, 0.2) is 0 Å². The second-order valence-electron chi connectivity index (χ2n) is 14.2. The summed E-state index contributed by atoms with van der Waals surface area (Å²) in [5.74, 6) is -0.0777. The molecule has 0 spiro atoms. The molecule has 10 heteroatoms. The van der Waals surface area contributed by atoms with E-state index in [1.165, 1.54) is 77.0 Å². The maximum atomic E-state index is 12.5. The van der Waals surface area contributed by atoms with Crippen LogP contribution in [-0.2, 0) is 32.7 Å². The summed E-state index contributed by atoms with van der Waals surface area (Å²) in [6.45, 7) is 10.4. The molecule has 0 fully saturated rings. The molecule has 0 aromatic heterocycles. The van der Waals surface area contributed by atoms with E-state index in [2.05, 4.69) is 39.1 Å². The van der Waals surface area contributed by atoms with E-state index in [9.17, 15) is 19.0 Å². The normalized spacial score (nSPS) is 14.0. The Balaban J connectivity index is 4.27. The van der Waals surface area contributed by atoms with Gasteiger partial charge in [0.25, 0.3) is 7.82 Å². The Morgan fingerprint density at radius 2 is 1.16 bits per heavy atom. The molecule has 0 amide bonds. The van der Waals surface area contributed by atoms with Crippen molar-refractivity contribution in [1.82, 2.24) is 0 Å². The molecule has 2 atom stereocenters. The van der Waals surface area contributed by atoms with Gasteiger partial charge in [0.15, 0.2) is 6.10 Å². The van der Waals surface area contributed by atoms with Crippen LogP contribution in [0.2, 0.25) is 0 Å². The lowest BCUT2D eigenvalue weighted by atomic mass is 9.89. The van der Waals surface area contributed by atoms with Crippen LogP contribution in [0.1, 0.15) is 169 Å². The molecule has 45 heavy (non-hydrogen) atoms. The molecule has 1 unspecified atom stereocenters. The average Bonchev–Trinajstić information content (AvgIpc) is 2.96. The molecule has 0 saturated carbocycles. The lowest BCUT2D eigenvalue weighted by molar-refractivity contribution is -0.228. The molecule has 9 nitrogen and oxygen atoms in total. The first-order valence-corrected chi connectivity index (χ1v) is 19.5. The van der Waals surface area contributed by atoms with Gasteiger partial charge in [-0.15, -0.1) is 0 Å². The number of hydrogen-bond acceptors (Lipinski definition) is 9. The number of unbranched alkanes of at least 4 members (excludes halogenated alkanes) is 15. The van der Waals surface area contributed by atoms with Gasteiger partial charge < -0.3 is 29.1 Å². The molecule has 0 aliphatic rings. The van der Waals surface area contributed by atoms with Crippen molar-refractivity contribution < 1.29 is 37.6 Å². The van der Waals surface area contributed by atoms with Crippen LogP contribution in [-0.4, -0.2) is 44.4 Å². The van der Waals surface area contributed by atoms with Crippen molar-refractivity contribution in [2.45, 2.75) is 176 Å². The summed E-state index contributed by atoms with van der Waals surface area (Å²) in [4.78, 5) is 36.7. The van der Waals surface area contributed by atoms with Crippen molar-refractivity contribution in [3.8, 4) is 0 Å². The summed E-state index contributed by atoms with van der Waals surface area (Å²) in [6.07, 6.45) is 21.2. The Morgan fingerprint density at radius 1 is 0.689 bits per heavy atom. The molecule has 0 radical (unpaired) electrons. The Hall–Kier alpha value is -0.990. The first kappa shape index (κ1) is 44.0. The second-order valence-corrected chi connectivity index (χ2v) is 15.6. The van der Waals surface area contributed by atoms with Gasteiger partial charge in [-0.3, -0.25) is 14.2 Å². The van der Waals surface area contributed by atoms with Gasteiger partial charge in [0.2, 0.25) is 0 Å². The highest BCUT2D eigenvalue weighted by molar-refractivity contribution is 7.45. The molecular formula is C35H69NO8P-. The highest BCUT2D eigenvalue weighted by Gasteiger charge is 2.21. The number of esters is 2. The van der Waals surface area contributed by atoms with E-state index in [-0.39, 0.29) is 32.6 Å². The third-order valence-corrected chi connectivity index (χ3v) is 8.70. The smallest absolute Gasteiger partial charge is 0.306 e. The molecule has 268 valence electrons. The second kappa shape index (κ2) is 28.1. The largest absolute Gasteiger partial charge is 0.756 e. The van der Waals surface area contributed by atoms with Crippen LogP contribution in [0.5, 0.6) is 0 Å². The summed E-state index contributed by atoms with van der Waals surface area (Å²) in [5, 5.41) is 0. The van der Waals surface area contributed by atoms with E-state index in [0.717, 1.165) is 44.4 Å². The number of carbonyl (C=O) groups excluding carboxylic acids is 2. The number of carbonyl (C=O) groups is 2. The van der Waals surface area contributed by atoms with Crippen molar-refractivity contribution in [3.63, 3.8) is 0 Å². The van der Waals surface area contributed by atoms with Gasteiger partial charge in [0, 0.05) is 19.4 Å². The van der Waals surface area contributed by atoms with Crippen LogP contribution in [0.4, 0.5) is 0 Å². The number of phosphoric acid groups is 1. The van der Waals surface area contributed by atoms with Gasteiger partial charge in [-0.25, -0.2) is 0 Å². The number of ether oxygens (including phenoxy) is 2. The van der Waals surface area contributed by atoms with E-state index >= 15 is 0 Å². The van der Waals surface area contributed by atoms with Crippen LogP contribution >= 0.6 is 7.82 Å². The zero-order valence-electron chi connectivity index (χ0n) is 29.6. The van der Waals surface area contributed by atoms with Crippen molar-refractivity contribution in [2.24, 2.45) is 17.1 Å². The predicted molar refractivity (Wildman–Crippen MR) is 181 cm³/mol. The minimum Gasteiger partial charge on any atom is -0.756 e. The Labute approximate surface area is 276 Å². The van der Waals surface area contributed by atoms with Gasteiger partial charge in [0.1, 0.15) is 6.61 Å². The molecule has 0 heterocycles. The zero-order valence-corrected chi connectivity index (χ0v) is 30.5. The quantitative estimate of drug-likeness (QED) is 0.0438. The molecule has 0 aliphatic heterocycles. The summed E-state index contributed by atoms with van der Waals surface area (Å²) >= 11 is 0. The van der Waals surface area contributed by atoms with Gasteiger partial charge in [0.05, 0.1) is 13.2 Å². The minimum atomic E-state index is -4.61. The molecule has 2 N–H and O–H groups in total. The van der Waals surface area contributed by atoms with E-state index in [0.29, 0.717) is 11.8 Å². The van der Waals surface area contributed by atoms with E-state index < -0.39 is 32.5 Å². The molecule has 0 aromatic rings. The number of hydrogen-bond donors (Lipinski definition) is 1. The van der Waals surface area contributed by atoms with Crippen molar-refractivity contribution in [3.05, 3.63) is 0 Å². The van der Waals surface area contributed by atoms with Crippen LogP contribution in [0.25, 0.3) is 0 Å². The van der Waals surface area contributed by atoms with Crippen LogP contribution < -0.4 is 10.6 Å². The summed E-state index contributed by atoms with van der Waals surface area (Å²) < 4.78 is 32.2. The molecule has 0 aromatic carbocycles. The maximum Gasteiger partial charge on any atom is 0.306 e. The standard InChI is InChI=1S/C35H70NO8P/c1-31(2)23-19-15-11-7-6-8-12-16-20-24-33(37)41-29-32(30-43-45(39,40)42-28-27-36)44-34(38)25-21-17-13-9-10-14-18-22-26-35(3,4)5/h31-32H,6-30,36H2,1-5H3,(H,39,40)/p-1/t32-/m0/s1. The molecular weight excluding hydrogens is 593 g/mol. The highest BCUT2D eigenvalue weighted by atomic mass is 31.2. The van der Waals surface area contributed by atoms with E-state index in [4.69, 9.17) is 19.7 Å². The summed E-state index contributed by atoms with van der Waals surface area (Å²) in [5.41, 5.74) is 5.70. The lowest BCUT2D eigenvalue weighted by Gasteiger charge is -2.25. The Bertz CT molecular complexity index is 771. The highest BCUT2D eigenvalue weighted by Crippen LogP contribution is 2.38. The first-order chi connectivity index (χ1) is 21.3. The van der Waals surface area contributed by atoms with E-state index in [1.807, 2.05) is 0 Å². The first-order valence-electron chi connectivity index (χ1n) is 18.0. The monoisotopic (exact) mass is 662 g/mol. The molecule has 0 bridgehead atoms. The van der Waals surface area contributed by atoms with Gasteiger partial charge in [-0.2, -0.15) is 0 Å². The molecule has 0 aliphatic carbocycles. The average molecular weight is 663 g/mol. The van der Waals surface area contributed by atoms with Crippen LogP contribution in [0.3, 0.4) is 0 Å². The summed E-state index contributed by atoms with van der Waals surface area (Å²) in [7, 11) is -4.61. The fourth-order valence-electron chi connectivity index (χ4n) is 5.04. The fourth-order valence-corrected chi connectivity index (χ4v) is 5.79. The Kier molecular flexibility index (Phi) is 27.4. The SMILES string of the molecule is CC(C)CCCCCCCCCCCC(=O)OC[C@@H](COP(=O)([O-])OCCN)OC(=O)CCCCCCCCCCC(C)(C)C. The summed E-state index contributed by atoms with van der Waals surface area (Å²) in [6, 6.07) is 0. The topological polar surface area (TPSA) is 137 Å². The van der Waals surface area contributed by atoms with Crippen LogP contribution in [0, 0.1) is 11.3 Å². The number of phosphoric ester groups is 1. The minimum absolute atomic E-state index is 0.0151. The van der Waals surface area contributed by atoms with Gasteiger partial charge >= 0.3 is 11.9 Å². The van der Waals surface area contributed by atoms with Crippen molar-refractivity contribution in [1.29, 1.82) is 0 Å². The Morgan fingerprint density at radius 3 is 1.64 bits per heavy atom. The van der Waals surface area contributed by atoms with E-state index in [1.54, 1.807) is 0 Å².